The molecule has 2 aromatic carbocycles. The molecule has 1 N–H and O–H groups in total. The van der Waals surface area contributed by atoms with Crippen LogP contribution in [0.25, 0.3) is 21.8 Å². The number of benzene rings is 2. The highest BCUT2D eigenvalue weighted by atomic mass is 35.5. The standard InChI is InChI=1S/C24H25Cl2N3O2/c1-11(2)19-9-30-23(27-19)17-7-13(25)5-15-16-6-14(26)8-18(22(16)29-21(15)17)24-28-20(10-31-24)12(3)4/h5-8,11-12,19-20,29H,9-10H2,1-4H3/t19-,20-/m1/s1. The summed E-state index contributed by atoms with van der Waals surface area (Å²) in [5.41, 5.74) is 3.56. The minimum Gasteiger partial charge on any atom is -0.475 e. The lowest BCUT2D eigenvalue weighted by Crippen LogP contribution is -2.13. The number of halogens is 2. The maximum Gasteiger partial charge on any atom is 0.218 e. The number of rotatable bonds is 4. The fraction of sp³-hybridized carbons (Fsp3) is 0.417. The SMILES string of the molecule is CC(C)[C@H]1COC(c2cc(Cl)cc3c2[nH]c2c(C4=N[C@@H](C(C)C)CO4)cc(Cl)cc23)=N1. The molecule has 3 heterocycles. The topological polar surface area (TPSA) is 59.0 Å². The Morgan fingerprint density at radius 1 is 0.774 bits per heavy atom. The molecule has 0 radical (unpaired) electrons. The molecule has 0 amide bonds. The maximum absolute atomic E-state index is 6.51. The number of aliphatic imine (C=N–C) groups is 2. The van der Waals surface area contributed by atoms with Crippen molar-refractivity contribution in [1.29, 1.82) is 0 Å². The number of ether oxygens (including phenoxy) is 2. The number of hydrogen-bond donors (Lipinski definition) is 1. The lowest BCUT2D eigenvalue weighted by molar-refractivity contribution is 0.292. The van der Waals surface area contributed by atoms with E-state index in [1.54, 1.807) is 0 Å². The maximum atomic E-state index is 6.51. The second-order valence-corrected chi connectivity index (χ2v) is 9.86. The summed E-state index contributed by atoms with van der Waals surface area (Å²) in [4.78, 5) is 13.2. The van der Waals surface area contributed by atoms with Crippen molar-refractivity contribution < 1.29 is 9.47 Å². The Morgan fingerprint density at radius 3 is 1.55 bits per heavy atom. The summed E-state index contributed by atoms with van der Waals surface area (Å²) < 4.78 is 11.9. The zero-order valence-electron chi connectivity index (χ0n) is 18.0. The molecular weight excluding hydrogens is 433 g/mol. The van der Waals surface area contributed by atoms with Crippen molar-refractivity contribution >= 4 is 56.8 Å². The van der Waals surface area contributed by atoms with Gasteiger partial charge in [-0.3, -0.25) is 0 Å². The van der Waals surface area contributed by atoms with E-state index in [0.29, 0.717) is 46.9 Å². The van der Waals surface area contributed by atoms with Crippen molar-refractivity contribution in [3.63, 3.8) is 0 Å². The van der Waals surface area contributed by atoms with Gasteiger partial charge in [-0.1, -0.05) is 50.9 Å². The molecular formula is C24H25Cl2N3O2. The Morgan fingerprint density at radius 2 is 1.19 bits per heavy atom. The molecule has 0 bridgehead atoms. The molecule has 0 aliphatic carbocycles. The van der Waals surface area contributed by atoms with Gasteiger partial charge in [-0.2, -0.15) is 0 Å². The van der Waals surface area contributed by atoms with E-state index in [9.17, 15) is 0 Å². The summed E-state index contributed by atoms with van der Waals surface area (Å²) in [5.74, 6) is 2.07. The second-order valence-electron chi connectivity index (χ2n) is 8.99. The smallest absolute Gasteiger partial charge is 0.218 e. The molecule has 5 nitrogen and oxygen atoms in total. The van der Waals surface area contributed by atoms with Gasteiger partial charge in [0.15, 0.2) is 0 Å². The second kappa shape index (κ2) is 7.72. The van der Waals surface area contributed by atoms with Crippen molar-refractivity contribution in [3.05, 3.63) is 45.4 Å². The van der Waals surface area contributed by atoms with Gasteiger partial charge in [0.25, 0.3) is 0 Å². The van der Waals surface area contributed by atoms with Crippen LogP contribution in [0.1, 0.15) is 38.8 Å². The third-order valence-corrected chi connectivity index (χ3v) is 6.53. The monoisotopic (exact) mass is 457 g/mol. The van der Waals surface area contributed by atoms with Gasteiger partial charge < -0.3 is 14.5 Å². The lowest BCUT2D eigenvalue weighted by atomic mass is 10.1. The Bertz CT molecular complexity index is 1150. The Hall–Kier alpha value is -2.24. The summed E-state index contributed by atoms with van der Waals surface area (Å²) in [7, 11) is 0. The van der Waals surface area contributed by atoms with E-state index in [1.807, 2.05) is 24.3 Å². The molecule has 0 saturated carbocycles. The zero-order valence-corrected chi connectivity index (χ0v) is 19.5. The number of nitrogens with one attached hydrogen (secondary N) is 1. The van der Waals surface area contributed by atoms with Crippen LogP contribution in [0.5, 0.6) is 0 Å². The predicted octanol–water partition coefficient (Wildman–Crippen LogP) is 6.23. The van der Waals surface area contributed by atoms with E-state index in [-0.39, 0.29) is 12.1 Å². The Labute approximate surface area is 191 Å². The number of H-pyrrole nitrogens is 1. The Balaban J connectivity index is 1.72. The quantitative estimate of drug-likeness (QED) is 0.504. The van der Waals surface area contributed by atoms with Crippen molar-refractivity contribution in [2.75, 3.05) is 13.2 Å². The molecule has 1 aromatic heterocycles. The van der Waals surface area contributed by atoms with E-state index in [4.69, 9.17) is 42.7 Å². The first-order chi connectivity index (χ1) is 14.8. The van der Waals surface area contributed by atoms with Crippen molar-refractivity contribution in [2.24, 2.45) is 21.8 Å². The molecule has 2 atom stereocenters. The van der Waals surface area contributed by atoms with E-state index in [2.05, 4.69) is 32.7 Å². The highest BCUT2D eigenvalue weighted by molar-refractivity contribution is 6.35. The summed E-state index contributed by atoms with van der Waals surface area (Å²) in [5, 5.41) is 3.19. The van der Waals surface area contributed by atoms with Crippen molar-refractivity contribution in [3.8, 4) is 0 Å². The highest BCUT2D eigenvalue weighted by Gasteiger charge is 2.28. The molecule has 0 saturated heterocycles. The summed E-state index contributed by atoms with van der Waals surface area (Å²) in [6.45, 7) is 9.77. The minimum absolute atomic E-state index is 0.146. The third-order valence-electron chi connectivity index (χ3n) is 6.09. The van der Waals surface area contributed by atoms with E-state index >= 15 is 0 Å². The molecule has 0 fully saturated rings. The molecule has 2 aliphatic heterocycles. The van der Waals surface area contributed by atoms with E-state index in [1.165, 1.54) is 0 Å². The number of fused-ring (bicyclic) bond motifs is 3. The van der Waals surface area contributed by atoms with Gasteiger partial charge in [-0.15, -0.1) is 0 Å². The van der Waals surface area contributed by atoms with Gasteiger partial charge in [0.2, 0.25) is 11.8 Å². The molecule has 0 unspecified atom stereocenters. The van der Waals surface area contributed by atoms with Crippen LogP contribution in [0.15, 0.2) is 34.3 Å². The van der Waals surface area contributed by atoms with Crippen LogP contribution < -0.4 is 0 Å². The first kappa shape index (κ1) is 20.7. The normalized spacial score (nSPS) is 21.2. The van der Waals surface area contributed by atoms with Gasteiger partial charge in [0, 0.05) is 20.8 Å². The van der Waals surface area contributed by atoms with Crippen LogP contribution in [-0.4, -0.2) is 42.1 Å². The average molecular weight is 458 g/mol. The van der Waals surface area contributed by atoms with Gasteiger partial charge in [-0.05, 0) is 36.1 Å². The van der Waals surface area contributed by atoms with Crippen LogP contribution in [0.4, 0.5) is 0 Å². The molecule has 7 heteroatoms. The highest BCUT2D eigenvalue weighted by Crippen LogP contribution is 2.36. The van der Waals surface area contributed by atoms with Crippen molar-refractivity contribution in [1.82, 2.24) is 4.98 Å². The number of nitrogens with zero attached hydrogens (tertiary/aromatic N) is 2. The fourth-order valence-electron chi connectivity index (χ4n) is 4.13. The van der Waals surface area contributed by atoms with E-state index in [0.717, 1.165) is 32.9 Å². The largest absolute Gasteiger partial charge is 0.475 e. The molecule has 5 rings (SSSR count). The zero-order chi connectivity index (χ0) is 21.9. The fourth-order valence-corrected chi connectivity index (χ4v) is 4.56. The van der Waals surface area contributed by atoms with Crippen LogP contribution in [0.2, 0.25) is 10.0 Å². The van der Waals surface area contributed by atoms with Gasteiger partial charge in [0.05, 0.1) is 34.2 Å². The van der Waals surface area contributed by atoms with Crippen molar-refractivity contribution in [2.45, 2.75) is 39.8 Å². The lowest BCUT2D eigenvalue weighted by Gasteiger charge is -2.06. The van der Waals surface area contributed by atoms with Gasteiger partial charge in [0.1, 0.15) is 13.2 Å². The number of aromatic nitrogens is 1. The molecule has 0 spiro atoms. The summed E-state index contributed by atoms with van der Waals surface area (Å²) in [6.07, 6.45) is 0. The molecule has 31 heavy (non-hydrogen) atoms. The third kappa shape index (κ3) is 3.58. The first-order valence-corrected chi connectivity index (χ1v) is 11.4. The summed E-state index contributed by atoms with van der Waals surface area (Å²) in [6, 6.07) is 7.99. The van der Waals surface area contributed by atoms with Gasteiger partial charge in [-0.25, -0.2) is 9.98 Å². The number of hydrogen-bond acceptors (Lipinski definition) is 4. The molecule has 3 aromatic rings. The van der Waals surface area contributed by atoms with Crippen LogP contribution in [0.3, 0.4) is 0 Å². The number of aromatic amines is 1. The van der Waals surface area contributed by atoms with Crippen LogP contribution >= 0.6 is 23.2 Å². The average Bonchev–Trinajstić information content (AvgIpc) is 3.45. The minimum atomic E-state index is 0.146. The molecule has 2 aliphatic rings. The Kier molecular flexibility index (Phi) is 5.14. The van der Waals surface area contributed by atoms with E-state index < -0.39 is 0 Å². The first-order valence-electron chi connectivity index (χ1n) is 10.7. The predicted molar refractivity (Wildman–Crippen MR) is 128 cm³/mol. The molecule has 162 valence electrons. The van der Waals surface area contributed by atoms with Crippen LogP contribution in [-0.2, 0) is 9.47 Å². The summed E-state index contributed by atoms with van der Waals surface area (Å²) >= 11 is 13.0. The van der Waals surface area contributed by atoms with Gasteiger partial charge >= 0.3 is 0 Å². The van der Waals surface area contributed by atoms with Crippen LogP contribution in [0, 0.1) is 11.8 Å².